The van der Waals surface area contributed by atoms with Crippen LogP contribution in [0.4, 0.5) is 30.2 Å². The van der Waals surface area contributed by atoms with Gasteiger partial charge < -0.3 is 4.90 Å². The van der Waals surface area contributed by atoms with Crippen LogP contribution >= 0.6 is 0 Å². The second-order valence-corrected chi connectivity index (χ2v) is 4.50. The van der Waals surface area contributed by atoms with E-state index in [1.165, 1.54) is 0 Å². The molecule has 0 aliphatic rings. The van der Waals surface area contributed by atoms with Gasteiger partial charge in [0, 0.05) is 18.7 Å². The van der Waals surface area contributed by atoms with E-state index in [4.69, 9.17) is 6.42 Å². The molecule has 0 saturated heterocycles. The minimum absolute atomic E-state index is 0.122. The Morgan fingerprint density at radius 1 is 1.22 bits per heavy atom. The van der Waals surface area contributed by atoms with E-state index in [9.17, 15) is 33.4 Å². The molecule has 124 valence electrons. The van der Waals surface area contributed by atoms with Gasteiger partial charge in [-0.25, -0.2) is 0 Å². The number of anilines is 1. The van der Waals surface area contributed by atoms with Crippen LogP contribution in [0, 0.1) is 32.6 Å². The number of alkyl halides is 3. The lowest BCUT2D eigenvalue weighted by Crippen LogP contribution is -2.26. The number of nitro groups is 2. The number of hydrogen-bond acceptors (Lipinski definition) is 5. The highest BCUT2D eigenvalue weighted by atomic mass is 19.4. The van der Waals surface area contributed by atoms with Crippen molar-refractivity contribution in [2.24, 2.45) is 0 Å². The van der Waals surface area contributed by atoms with E-state index in [1.54, 1.807) is 6.92 Å². The highest BCUT2D eigenvalue weighted by molar-refractivity contribution is 5.76. The molecule has 1 rings (SSSR count). The van der Waals surface area contributed by atoms with Crippen molar-refractivity contribution in [1.29, 1.82) is 0 Å². The summed E-state index contributed by atoms with van der Waals surface area (Å²) in [5.41, 5.74) is -3.99. The molecule has 0 radical (unpaired) electrons. The number of terminal acetylenes is 1. The quantitative estimate of drug-likeness (QED) is 0.453. The van der Waals surface area contributed by atoms with Crippen molar-refractivity contribution in [3.8, 4) is 12.3 Å². The minimum atomic E-state index is -4.95. The van der Waals surface area contributed by atoms with E-state index in [0.717, 1.165) is 4.90 Å². The molecular formula is C13H12F3N3O4. The molecular weight excluding hydrogens is 319 g/mol. The SMILES string of the molecule is C#CCN(CCC)c1c([N+](=O)[O-])cc(C(F)(F)F)cc1[N+](=O)[O-]. The van der Waals surface area contributed by atoms with Crippen molar-refractivity contribution in [3.05, 3.63) is 37.9 Å². The Morgan fingerprint density at radius 2 is 1.70 bits per heavy atom. The first-order valence-corrected chi connectivity index (χ1v) is 6.35. The summed E-state index contributed by atoms with van der Waals surface area (Å²) in [6.07, 6.45) is 0.630. The van der Waals surface area contributed by atoms with Crippen molar-refractivity contribution in [2.75, 3.05) is 18.0 Å². The van der Waals surface area contributed by atoms with E-state index in [1.807, 2.05) is 0 Å². The van der Waals surface area contributed by atoms with Crippen molar-refractivity contribution in [3.63, 3.8) is 0 Å². The predicted molar refractivity (Wildman–Crippen MR) is 76.1 cm³/mol. The van der Waals surface area contributed by atoms with Crippen LogP contribution in [0.3, 0.4) is 0 Å². The van der Waals surface area contributed by atoms with E-state index < -0.39 is 38.6 Å². The third-order valence-electron chi connectivity index (χ3n) is 2.88. The zero-order valence-corrected chi connectivity index (χ0v) is 12.0. The average Bonchev–Trinajstić information content (AvgIpc) is 2.44. The summed E-state index contributed by atoms with van der Waals surface area (Å²) in [6, 6.07) is 0.559. The zero-order chi connectivity index (χ0) is 17.8. The molecule has 0 aliphatic heterocycles. The molecule has 0 unspecified atom stereocenters. The Bertz CT molecular complexity index is 632. The molecule has 1 aromatic carbocycles. The van der Waals surface area contributed by atoms with Gasteiger partial charge in [0.15, 0.2) is 5.69 Å². The van der Waals surface area contributed by atoms with E-state index in [2.05, 4.69) is 5.92 Å². The second kappa shape index (κ2) is 6.95. The van der Waals surface area contributed by atoms with Gasteiger partial charge in [-0.1, -0.05) is 12.8 Å². The van der Waals surface area contributed by atoms with Crippen LogP contribution in [0.2, 0.25) is 0 Å². The lowest BCUT2D eigenvalue weighted by Gasteiger charge is -2.22. The van der Waals surface area contributed by atoms with Crippen molar-refractivity contribution < 1.29 is 23.0 Å². The van der Waals surface area contributed by atoms with Gasteiger partial charge in [0.25, 0.3) is 11.4 Å². The van der Waals surface area contributed by atoms with Gasteiger partial charge in [0.05, 0.1) is 22.0 Å². The Kier molecular flexibility index (Phi) is 5.51. The van der Waals surface area contributed by atoms with Gasteiger partial charge in [0.1, 0.15) is 0 Å². The van der Waals surface area contributed by atoms with Crippen LogP contribution in [0.25, 0.3) is 0 Å². The molecule has 1 aromatic rings. The Morgan fingerprint density at radius 3 is 2.00 bits per heavy atom. The van der Waals surface area contributed by atoms with E-state index in [0.29, 0.717) is 6.42 Å². The van der Waals surface area contributed by atoms with Crippen LogP contribution in [-0.2, 0) is 6.18 Å². The molecule has 10 heteroatoms. The number of hydrogen-bond donors (Lipinski definition) is 0. The highest BCUT2D eigenvalue weighted by Gasteiger charge is 2.38. The first-order valence-electron chi connectivity index (χ1n) is 6.35. The Balaban J connectivity index is 3.74. The molecule has 0 aliphatic carbocycles. The van der Waals surface area contributed by atoms with Crippen molar-refractivity contribution in [2.45, 2.75) is 19.5 Å². The molecule has 0 fully saturated rings. The molecule has 7 nitrogen and oxygen atoms in total. The maximum absolute atomic E-state index is 12.8. The smallest absolute Gasteiger partial charge is 0.349 e. The molecule has 0 N–H and O–H groups in total. The average molecular weight is 331 g/mol. The molecule has 0 aromatic heterocycles. The topological polar surface area (TPSA) is 89.5 Å². The molecule has 0 heterocycles. The van der Waals surface area contributed by atoms with Gasteiger partial charge >= 0.3 is 6.18 Å². The zero-order valence-electron chi connectivity index (χ0n) is 12.0. The fourth-order valence-corrected chi connectivity index (χ4v) is 2.02. The van der Waals surface area contributed by atoms with Gasteiger partial charge in [-0.05, 0) is 6.42 Å². The molecule has 0 spiro atoms. The van der Waals surface area contributed by atoms with Crippen molar-refractivity contribution in [1.82, 2.24) is 0 Å². The summed E-state index contributed by atoms with van der Waals surface area (Å²) in [5.74, 6) is 2.19. The van der Waals surface area contributed by atoms with Crippen LogP contribution in [0.15, 0.2) is 12.1 Å². The maximum Gasteiger partial charge on any atom is 0.416 e. The number of nitro benzene ring substituents is 2. The van der Waals surface area contributed by atoms with Gasteiger partial charge in [0.2, 0.25) is 0 Å². The summed E-state index contributed by atoms with van der Waals surface area (Å²) in [5, 5.41) is 22.3. The summed E-state index contributed by atoms with van der Waals surface area (Å²) in [6.45, 7) is 1.61. The summed E-state index contributed by atoms with van der Waals surface area (Å²) >= 11 is 0. The summed E-state index contributed by atoms with van der Waals surface area (Å²) in [4.78, 5) is 21.2. The summed E-state index contributed by atoms with van der Waals surface area (Å²) in [7, 11) is 0. The van der Waals surface area contributed by atoms with Crippen LogP contribution in [0.1, 0.15) is 18.9 Å². The fraction of sp³-hybridized carbons (Fsp3) is 0.385. The third-order valence-corrected chi connectivity index (χ3v) is 2.88. The first-order chi connectivity index (χ1) is 10.6. The summed E-state index contributed by atoms with van der Waals surface area (Å²) < 4.78 is 38.4. The Labute approximate surface area is 129 Å². The van der Waals surface area contributed by atoms with Crippen LogP contribution in [0.5, 0.6) is 0 Å². The molecule has 0 atom stereocenters. The number of rotatable bonds is 6. The van der Waals surface area contributed by atoms with E-state index >= 15 is 0 Å². The predicted octanol–water partition coefficient (Wildman–Crippen LogP) is 3.37. The van der Waals surface area contributed by atoms with Gasteiger partial charge in [-0.15, -0.1) is 6.42 Å². The lowest BCUT2D eigenvalue weighted by atomic mass is 10.1. The molecule has 0 amide bonds. The molecule has 0 saturated carbocycles. The number of nitrogens with zero attached hydrogens (tertiary/aromatic N) is 3. The standard InChI is InChI=1S/C13H12F3N3O4/c1-3-5-17(6-4-2)12-10(18(20)21)7-9(13(14,15)16)8-11(12)19(22)23/h1,7-8H,4-6H2,2H3. The van der Waals surface area contributed by atoms with Gasteiger partial charge in [-0.2, -0.15) is 13.2 Å². The lowest BCUT2D eigenvalue weighted by molar-refractivity contribution is -0.393. The normalized spacial score (nSPS) is 10.9. The highest BCUT2D eigenvalue weighted by Crippen LogP contribution is 2.43. The largest absolute Gasteiger partial charge is 0.416 e. The second-order valence-electron chi connectivity index (χ2n) is 4.50. The van der Waals surface area contributed by atoms with Crippen LogP contribution in [-0.4, -0.2) is 22.9 Å². The Hall–Kier alpha value is -2.83. The molecule has 0 bridgehead atoms. The third kappa shape index (κ3) is 4.09. The van der Waals surface area contributed by atoms with Crippen LogP contribution < -0.4 is 4.90 Å². The van der Waals surface area contributed by atoms with Crippen molar-refractivity contribution >= 4 is 17.1 Å². The maximum atomic E-state index is 12.8. The van der Waals surface area contributed by atoms with Gasteiger partial charge in [-0.3, -0.25) is 20.2 Å². The van der Waals surface area contributed by atoms with E-state index in [-0.39, 0.29) is 25.2 Å². The number of benzene rings is 1. The monoisotopic (exact) mass is 331 g/mol. The number of halogens is 3. The first kappa shape index (κ1) is 18.2. The minimum Gasteiger partial charge on any atom is -0.349 e. The molecule has 23 heavy (non-hydrogen) atoms. The fourth-order valence-electron chi connectivity index (χ4n) is 2.02.